The van der Waals surface area contributed by atoms with Gasteiger partial charge < -0.3 is 10.5 Å². The third-order valence-electron chi connectivity index (χ3n) is 3.23. The van der Waals surface area contributed by atoms with Gasteiger partial charge in [0.2, 0.25) is 0 Å². The van der Waals surface area contributed by atoms with Crippen molar-refractivity contribution < 1.29 is 13.2 Å². The summed E-state index contributed by atoms with van der Waals surface area (Å²) < 4.78 is 33.7. The van der Waals surface area contributed by atoms with E-state index in [0.29, 0.717) is 45.7 Å². The van der Waals surface area contributed by atoms with Crippen LogP contribution in [0, 0.1) is 0 Å². The quantitative estimate of drug-likeness (QED) is 0.689. The summed E-state index contributed by atoms with van der Waals surface area (Å²) in [7, 11) is -3.44. The minimum atomic E-state index is -3.44. The Kier molecular flexibility index (Phi) is 5.33. The minimum absolute atomic E-state index is 0.302. The minimum Gasteiger partial charge on any atom is -0.381 e. The lowest BCUT2D eigenvalue weighted by Gasteiger charge is -2.37. The van der Waals surface area contributed by atoms with E-state index >= 15 is 0 Å². The monoisotopic (exact) mass is 265 g/mol. The van der Waals surface area contributed by atoms with Gasteiger partial charge in [0.25, 0.3) is 10.2 Å². The van der Waals surface area contributed by atoms with Crippen LogP contribution in [-0.2, 0) is 14.9 Å². The van der Waals surface area contributed by atoms with Crippen LogP contribution in [0.2, 0.25) is 0 Å². The van der Waals surface area contributed by atoms with E-state index in [4.69, 9.17) is 10.5 Å². The number of nitrogens with zero attached hydrogens (tertiary/aromatic N) is 1. The van der Waals surface area contributed by atoms with Crippen molar-refractivity contribution in [3.8, 4) is 0 Å². The number of rotatable bonds is 6. The normalized spacial score (nSPS) is 20.7. The van der Waals surface area contributed by atoms with Crippen molar-refractivity contribution in [2.75, 3.05) is 32.8 Å². The molecule has 1 aliphatic rings. The third-order valence-corrected chi connectivity index (χ3v) is 5.12. The van der Waals surface area contributed by atoms with Gasteiger partial charge in [-0.1, -0.05) is 13.8 Å². The second kappa shape index (κ2) is 6.10. The number of hydrogen-bond acceptors (Lipinski definition) is 4. The predicted molar refractivity (Wildman–Crippen MR) is 66.8 cm³/mol. The molecular formula is C10H23N3O3S. The summed E-state index contributed by atoms with van der Waals surface area (Å²) in [6.45, 7) is 5.97. The third kappa shape index (κ3) is 3.62. The zero-order chi connectivity index (χ0) is 12.9. The Morgan fingerprint density at radius 1 is 1.29 bits per heavy atom. The molecule has 0 radical (unpaired) electrons. The smallest absolute Gasteiger partial charge is 0.279 e. The molecule has 3 N–H and O–H groups in total. The number of nitrogens with one attached hydrogen (secondary N) is 1. The highest BCUT2D eigenvalue weighted by Gasteiger charge is 2.36. The van der Waals surface area contributed by atoms with Crippen molar-refractivity contribution in [1.82, 2.24) is 9.03 Å². The molecule has 0 aliphatic carbocycles. The van der Waals surface area contributed by atoms with E-state index in [1.54, 1.807) is 0 Å². The largest absolute Gasteiger partial charge is 0.381 e. The lowest BCUT2D eigenvalue weighted by atomic mass is 9.92. The molecule has 1 fully saturated rings. The molecule has 0 amide bonds. The summed E-state index contributed by atoms with van der Waals surface area (Å²) in [6.07, 6.45) is 1.26. The van der Waals surface area contributed by atoms with E-state index in [9.17, 15) is 8.42 Å². The number of nitrogens with two attached hydrogens (primary N) is 1. The maximum absolute atomic E-state index is 12.1. The maximum Gasteiger partial charge on any atom is 0.279 e. The van der Waals surface area contributed by atoms with E-state index in [-0.39, 0.29) is 0 Å². The lowest BCUT2D eigenvalue weighted by molar-refractivity contribution is 0.0496. The Morgan fingerprint density at radius 2 is 1.82 bits per heavy atom. The summed E-state index contributed by atoms with van der Waals surface area (Å²) in [5.74, 6) is 0. The molecule has 0 spiro atoms. The van der Waals surface area contributed by atoms with Gasteiger partial charge in [-0.05, 0) is 12.8 Å². The maximum atomic E-state index is 12.1. The molecule has 0 saturated carbocycles. The molecule has 0 aromatic rings. The van der Waals surface area contributed by atoms with Gasteiger partial charge in [-0.3, -0.25) is 0 Å². The molecule has 17 heavy (non-hydrogen) atoms. The first-order chi connectivity index (χ1) is 7.99. The van der Waals surface area contributed by atoms with Crippen LogP contribution >= 0.6 is 0 Å². The van der Waals surface area contributed by atoms with Crippen molar-refractivity contribution in [2.24, 2.45) is 5.73 Å². The average molecular weight is 265 g/mol. The van der Waals surface area contributed by atoms with Gasteiger partial charge in [-0.25, -0.2) is 0 Å². The van der Waals surface area contributed by atoms with Gasteiger partial charge in [0, 0.05) is 32.8 Å². The van der Waals surface area contributed by atoms with Gasteiger partial charge >= 0.3 is 0 Å². The fourth-order valence-electron chi connectivity index (χ4n) is 2.01. The molecule has 102 valence electrons. The molecular weight excluding hydrogens is 242 g/mol. The van der Waals surface area contributed by atoms with Crippen molar-refractivity contribution >= 4 is 10.2 Å². The van der Waals surface area contributed by atoms with E-state index in [1.165, 1.54) is 4.31 Å². The van der Waals surface area contributed by atoms with Gasteiger partial charge in [0.05, 0.1) is 5.54 Å². The Balaban J connectivity index is 2.79. The van der Waals surface area contributed by atoms with E-state index in [2.05, 4.69) is 4.72 Å². The fourth-order valence-corrected chi connectivity index (χ4v) is 3.66. The molecule has 1 saturated heterocycles. The van der Waals surface area contributed by atoms with Crippen molar-refractivity contribution in [3.63, 3.8) is 0 Å². The summed E-state index contributed by atoms with van der Waals surface area (Å²) in [6, 6.07) is 0. The number of hydrogen-bond donors (Lipinski definition) is 2. The summed E-state index contributed by atoms with van der Waals surface area (Å²) in [5.41, 5.74) is 5.19. The Bertz CT molecular complexity index is 322. The summed E-state index contributed by atoms with van der Waals surface area (Å²) >= 11 is 0. The molecule has 1 aliphatic heterocycles. The molecule has 0 atom stereocenters. The van der Waals surface area contributed by atoms with Crippen molar-refractivity contribution in [3.05, 3.63) is 0 Å². The van der Waals surface area contributed by atoms with E-state index < -0.39 is 15.7 Å². The van der Waals surface area contributed by atoms with Gasteiger partial charge in [-0.15, -0.1) is 0 Å². The van der Waals surface area contributed by atoms with E-state index in [0.717, 1.165) is 0 Å². The second-order valence-electron chi connectivity index (χ2n) is 4.29. The van der Waals surface area contributed by atoms with Crippen LogP contribution in [0.3, 0.4) is 0 Å². The van der Waals surface area contributed by atoms with Crippen LogP contribution in [0.1, 0.15) is 26.7 Å². The topological polar surface area (TPSA) is 84.7 Å². The van der Waals surface area contributed by atoms with Crippen LogP contribution in [0.4, 0.5) is 0 Å². The fraction of sp³-hybridized carbons (Fsp3) is 1.00. The van der Waals surface area contributed by atoms with Crippen LogP contribution < -0.4 is 10.5 Å². The summed E-state index contributed by atoms with van der Waals surface area (Å²) in [5, 5.41) is 0. The van der Waals surface area contributed by atoms with Crippen LogP contribution in [0.25, 0.3) is 0 Å². The summed E-state index contributed by atoms with van der Waals surface area (Å²) in [4.78, 5) is 0. The molecule has 7 heteroatoms. The van der Waals surface area contributed by atoms with Gasteiger partial charge in [-0.2, -0.15) is 17.4 Å². The van der Waals surface area contributed by atoms with E-state index in [1.807, 2.05) is 13.8 Å². The predicted octanol–water partition coefficient (Wildman–Crippen LogP) is -0.329. The first-order valence-electron chi connectivity index (χ1n) is 6.06. The van der Waals surface area contributed by atoms with Crippen LogP contribution in [0.5, 0.6) is 0 Å². The Hall–Kier alpha value is -0.210. The molecule has 0 aromatic carbocycles. The number of ether oxygens (including phenoxy) is 1. The first kappa shape index (κ1) is 14.8. The molecule has 0 bridgehead atoms. The average Bonchev–Trinajstić information content (AvgIpc) is 2.30. The molecule has 0 aromatic heterocycles. The molecule has 1 heterocycles. The highest BCUT2D eigenvalue weighted by atomic mass is 32.2. The highest BCUT2D eigenvalue weighted by molar-refractivity contribution is 7.87. The molecule has 0 unspecified atom stereocenters. The SMILES string of the molecule is CCN(CC)S(=O)(=O)NC1(CN)CCOCC1. The lowest BCUT2D eigenvalue weighted by Crippen LogP contribution is -2.59. The first-order valence-corrected chi connectivity index (χ1v) is 7.50. The molecule has 6 nitrogen and oxygen atoms in total. The zero-order valence-corrected chi connectivity index (χ0v) is 11.4. The molecule has 1 rings (SSSR count). The second-order valence-corrected chi connectivity index (χ2v) is 5.96. The zero-order valence-electron chi connectivity index (χ0n) is 10.6. The van der Waals surface area contributed by atoms with Crippen LogP contribution in [-0.4, -0.2) is 51.1 Å². The Labute approximate surface area is 104 Å². The van der Waals surface area contributed by atoms with Crippen molar-refractivity contribution in [1.29, 1.82) is 0 Å². The van der Waals surface area contributed by atoms with Crippen LogP contribution in [0.15, 0.2) is 0 Å². The van der Waals surface area contributed by atoms with Gasteiger partial charge in [0.15, 0.2) is 0 Å². The Morgan fingerprint density at radius 3 is 2.24 bits per heavy atom. The standard InChI is InChI=1S/C10H23N3O3S/c1-3-13(4-2)17(14,15)12-10(9-11)5-7-16-8-6-10/h12H,3-9,11H2,1-2H3. The highest BCUT2D eigenvalue weighted by Crippen LogP contribution is 2.21. The van der Waals surface area contributed by atoms with Gasteiger partial charge in [0.1, 0.15) is 0 Å². The van der Waals surface area contributed by atoms with Crippen molar-refractivity contribution in [2.45, 2.75) is 32.2 Å².